The van der Waals surface area contributed by atoms with Crippen LogP contribution in [0.3, 0.4) is 0 Å². The van der Waals surface area contributed by atoms with Crippen LogP contribution in [0.15, 0.2) is 22.2 Å². The van der Waals surface area contributed by atoms with E-state index in [0.717, 1.165) is 6.42 Å². The number of hydrogen-bond acceptors (Lipinski definition) is 9. The lowest BCUT2D eigenvalue weighted by Gasteiger charge is -2.32. The largest absolute Gasteiger partial charge is 0.497 e. The Balaban J connectivity index is 1.96. The average Bonchev–Trinajstić information content (AvgIpc) is 3.22. The number of carbonyl (C=O) groups is 1. The molecule has 0 radical (unpaired) electrons. The molecule has 2 aliphatic rings. The average molecular weight is 431 g/mol. The number of nitrogens with zero attached hydrogens (tertiary/aromatic N) is 1. The van der Waals surface area contributed by atoms with Crippen molar-refractivity contribution in [2.45, 2.75) is 25.4 Å². The summed E-state index contributed by atoms with van der Waals surface area (Å²) in [5.74, 6) is -0.682. The summed E-state index contributed by atoms with van der Waals surface area (Å²) in [4.78, 5) is 13.6. The molecular formula is C22H25NO8. The zero-order chi connectivity index (χ0) is 22.2. The Morgan fingerprint density at radius 1 is 1.03 bits per heavy atom. The summed E-state index contributed by atoms with van der Waals surface area (Å²) in [5.41, 5.74) is 2.21. The van der Waals surface area contributed by atoms with Gasteiger partial charge in [-0.25, -0.2) is 0 Å². The summed E-state index contributed by atoms with van der Waals surface area (Å²) in [6, 6.07) is 3.49. The summed E-state index contributed by atoms with van der Waals surface area (Å²) in [7, 11) is 5.92. The monoisotopic (exact) mass is 431 g/mol. The van der Waals surface area contributed by atoms with Crippen LogP contribution in [0.25, 0.3) is 17.3 Å². The summed E-state index contributed by atoms with van der Waals surface area (Å²) >= 11 is 0. The number of Topliss-reactive ketones (excluding diaryl/α,β-unsaturated/α-hetero) is 1. The first-order valence-corrected chi connectivity index (χ1v) is 9.83. The second-order valence-corrected chi connectivity index (χ2v) is 7.17. The normalized spacial score (nSPS) is 18.5. The zero-order valence-electron chi connectivity index (χ0n) is 18.1. The van der Waals surface area contributed by atoms with Crippen LogP contribution >= 0.6 is 0 Å². The van der Waals surface area contributed by atoms with Gasteiger partial charge < -0.3 is 32.9 Å². The van der Waals surface area contributed by atoms with Crippen LogP contribution in [0.4, 0.5) is 0 Å². The molecule has 1 aliphatic heterocycles. The summed E-state index contributed by atoms with van der Waals surface area (Å²) in [6.45, 7) is 2.81. The van der Waals surface area contributed by atoms with Gasteiger partial charge in [0.25, 0.3) is 5.79 Å². The highest BCUT2D eigenvalue weighted by Crippen LogP contribution is 2.46. The second-order valence-electron chi connectivity index (χ2n) is 7.17. The molecule has 1 fully saturated rings. The fraction of sp³-hybridized carbons (Fsp3) is 0.455. The van der Waals surface area contributed by atoms with Gasteiger partial charge in [-0.1, -0.05) is 5.16 Å². The van der Waals surface area contributed by atoms with Gasteiger partial charge in [0.15, 0.2) is 12.1 Å². The molecule has 166 valence electrons. The van der Waals surface area contributed by atoms with Gasteiger partial charge in [0.1, 0.15) is 17.2 Å². The van der Waals surface area contributed by atoms with E-state index in [4.69, 9.17) is 32.9 Å². The van der Waals surface area contributed by atoms with E-state index in [1.165, 1.54) is 21.3 Å². The maximum atomic E-state index is 13.6. The Hall–Kier alpha value is -2.72. The van der Waals surface area contributed by atoms with E-state index in [1.807, 2.05) is 0 Å². The van der Waals surface area contributed by atoms with Crippen LogP contribution in [-0.4, -0.2) is 58.4 Å². The zero-order valence-corrected chi connectivity index (χ0v) is 18.1. The minimum absolute atomic E-state index is 0.231. The SMILES string of the molecule is COc1cc(OC)c(-c2noc3c2C(=O)C(OC)(OC)C(C)=C3)c(C2OCCCO2)c1. The van der Waals surface area contributed by atoms with Gasteiger partial charge >= 0.3 is 0 Å². The first-order valence-electron chi connectivity index (χ1n) is 9.83. The van der Waals surface area contributed by atoms with Crippen LogP contribution in [0, 0.1) is 0 Å². The number of methoxy groups -OCH3 is 4. The lowest BCUT2D eigenvalue weighted by molar-refractivity contribution is -0.182. The van der Waals surface area contributed by atoms with Crippen LogP contribution < -0.4 is 9.47 Å². The molecular weight excluding hydrogens is 406 g/mol. The van der Waals surface area contributed by atoms with E-state index in [-0.39, 0.29) is 11.3 Å². The maximum Gasteiger partial charge on any atom is 0.257 e. The molecule has 0 spiro atoms. The van der Waals surface area contributed by atoms with Crippen molar-refractivity contribution in [3.8, 4) is 22.8 Å². The van der Waals surface area contributed by atoms with Crippen molar-refractivity contribution < 1.29 is 37.7 Å². The Labute approximate surface area is 179 Å². The molecule has 1 aliphatic carbocycles. The summed E-state index contributed by atoms with van der Waals surface area (Å²) in [6.07, 6.45) is 1.80. The Morgan fingerprint density at radius 3 is 2.35 bits per heavy atom. The molecule has 4 rings (SSSR count). The first-order chi connectivity index (χ1) is 15.0. The van der Waals surface area contributed by atoms with E-state index in [9.17, 15) is 4.79 Å². The summed E-state index contributed by atoms with van der Waals surface area (Å²) in [5, 5.41) is 4.22. The van der Waals surface area contributed by atoms with Gasteiger partial charge in [0.05, 0.1) is 38.6 Å². The number of fused-ring (bicyclic) bond motifs is 1. The number of ketones is 1. The molecule has 0 atom stereocenters. The molecule has 1 saturated heterocycles. The Morgan fingerprint density at radius 2 is 1.74 bits per heavy atom. The van der Waals surface area contributed by atoms with E-state index < -0.39 is 17.9 Å². The van der Waals surface area contributed by atoms with Crippen molar-refractivity contribution in [2.24, 2.45) is 0 Å². The van der Waals surface area contributed by atoms with Crippen LogP contribution in [-0.2, 0) is 18.9 Å². The molecule has 9 heteroatoms. The second kappa shape index (κ2) is 8.43. The Kier molecular flexibility index (Phi) is 5.85. The number of aromatic nitrogens is 1. The van der Waals surface area contributed by atoms with Gasteiger partial charge in [0, 0.05) is 25.8 Å². The number of ether oxygens (including phenoxy) is 6. The molecule has 9 nitrogen and oxygen atoms in total. The van der Waals surface area contributed by atoms with Crippen LogP contribution in [0.5, 0.6) is 11.5 Å². The lowest BCUT2D eigenvalue weighted by Crippen LogP contribution is -2.45. The quantitative estimate of drug-likeness (QED) is 0.637. The third-order valence-electron chi connectivity index (χ3n) is 5.57. The lowest BCUT2D eigenvalue weighted by atomic mass is 9.86. The van der Waals surface area contributed by atoms with Crippen LogP contribution in [0.1, 0.15) is 41.3 Å². The number of benzene rings is 1. The summed E-state index contributed by atoms with van der Waals surface area (Å²) < 4.78 is 39.3. The fourth-order valence-electron chi connectivity index (χ4n) is 4.01. The fourth-order valence-corrected chi connectivity index (χ4v) is 4.01. The van der Waals surface area contributed by atoms with E-state index in [2.05, 4.69) is 5.16 Å². The molecule has 1 aromatic carbocycles. The highest BCUT2D eigenvalue weighted by atomic mass is 16.7. The third kappa shape index (κ3) is 3.34. The molecule has 2 aromatic rings. The molecule has 2 heterocycles. The Bertz CT molecular complexity index is 1010. The van der Waals surface area contributed by atoms with Gasteiger partial charge in [0.2, 0.25) is 5.78 Å². The van der Waals surface area contributed by atoms with E-state index in [1.54, 1.807) is 32.2 Å². The molecule has 0 amide bonds. The van der Waals surface area contributed by atoms with Crippen LogP contribution in [0.2, 0.25) is 0 Å². The van der Waals surface area contributed by atoms with Crippen molar-refractivity contribution in [3.05, 3.63) is 34.6 Å². The molecule has 1 aromatic heterocycles. The number of hydrogen-bond donors (Lipinski definition) is 0. The van der Waals surface area contributed by atoms with Gasteiger partial charge in [-0.05, 0) is 31.1 Å². The topological polar surface area (TPSA) is 98.5 Å². The first kappa shape index (κ1) is 21.5. The maximum absolute atomic E-state index is 13.6. The van der Waals surface area contributed by atoms with Crippen molar-refractivity contribution >= 4 is 11.9 Å². The van der Waals surface area contributed by atoms with Gasteiger partial charge in [-0.15, -0.1) is 0 Å². The molecule has 0 saturated carbocycles. The van der Waals surface area contributed by atoms with Crippen molar-refractivity contribution in [1.29, 1.82) is 0 Å². The predicted octanol–water partition coefficient (Wildman–Crippen LogP) is 3.38. The molecule has 0 unspecified atom stereocenters. The molecule has 0 N–H and O–H groups in total. The predicted molar refractivity (Wildman–Crippen MR) is 109 cm³/mol. The highest BCUT2D eigenvalue weighted by Gasteiger charge is 2.48. The van der Waals surface area contributed by atoms with Crippen molar-refractivity contribution in [3.63, 3.8) is 0 Å². The molecule has 0 bridgehead atoms. The standard InChI is InChI=1S/C22H25NO8/c1-12-9-16-18(20(24)22(12,27-4)28-5)19(23-31-16)17-14(21-29-7-6-8-30-21)10-13(25-2)11-15(17)26-3/h9-11,21H,6-8H2,1-5H3. The van der Waals surface area contributed by atoms with Gasteiger partial charge in [-0.2, -0.15) is 0 Å². The highest BCUT2D eigenvalue weighted by molar-refractivity contribution is 6.12. The number of carbonyl (C=O) groups excluding carboxylic acids is 1. The van der Waals surface area contributed by atoms with Crippen molar-refractivity contribution in [2.75, 3.05) is 41.7 Å². The number of rotatable bonds is 6. The minimum Gasteiger partial charge on any atom is -0.497 e. The van der Waals surface area contributed by atoms with Gasteiger partial charge in [-0.3, -0.25) is 4.79 Å². The molecule has 31 heavy (non-hydrogen) atoms. The van der Waals surface area contributed by atoms with E-state index in [0.29, 0.717) is 47.2 Å². The smallest absolute Gasteiger partial charge is 0.257 e. The van der Waals surface area contributed by atoms with Crippen molar-refractivity contribution in [1.82, 2.24) is 5.16 Å². The minimum atomic E-state index is -1.56. The third-order valence-corrected chi connectivity index (χ3v) is 5.57. The van der Waals surface area contributed by atoms with E-state index >= 15 is 0 Å².